The number of amides is 1. The van der Waals surface area contributed by atoms with E-state index in [1.54, 1.807) is 68.7 Å². The molecule has 1 amide bonds. The number of allylic oxidation sites excluding steroid dienone is 1. The van der Waals surface area contributed by atoms with E-state index in [2.05, 4.69) is 43.1 Å². The van der Waals surface area contributed by atoms with Gasteiger partial charge in [-0.3, -0.25) is 9.89 Å². The minimum Gasteiger partial charge on any atom is -0.476 e. The quantitative estimate of drug-likeness (QED) is 0.0872. The number of aromatic nitrogens is 3. The summed E-state index contributed by atoms with van der Waals surface area (Å²) >= 11 is 2.10. The molecule has 41 heavy (non-hydrogen) atoms. The molecule has 0 atom stereocenters. The lowest BCUT2D eigenvalue weighted by atomic mass is 9.88. The minimum absolute atomic E-state index is 0.0918. The second-order valence-electron chi connectivity index (χ2n) is 9.36. The maximum absolute atomic E-state index is 13.9. The monoisotopic (exact) mass is 675 g/mol. The number of nitrogens with zero attached hydrogens (tertiary/aromatic N) is 3. The molecule has 2 N–H and O–H groups in total. The van der Waals surface area contributed by atoms with Gasteiger partial charge in [-0.15, -0.1) is 0 Å². The molecule has 0 spiro atoms. The summed E-state index contributed by atoms with van der Waals surface area (Å²) in [5.74, 6) is 0.260. The highest BCUT2D eigenvalue weighted by molar-refractivity contribution is 14.1. The number of aromatic amines is 1. The van der Waals surface area contributed by atoms with Gasteiger partial charge in [-0.2, -0.15) is 18.3 Å². The smallest absolute Gasteiger partial charge is 0.393 e. The number of fused-ring (bicyclic) bond motifs is 1. The number of H-pyrrole nitrogens is 1. The zero-order valence-electron chi connectivity index (χ0n) is 22.5. The van der Waals surface area contributed by atoms with Gasteiger partial charge in [0.1, 0.15) is 10.3 Å². The molecule has 4 rings (SSSR count). The molecule has 0 aliphatic heterocycles. The first-order valence-electron chi connectivity index (χ1n) is 12.8. The molecule has 0 aliphatic rings. The molecule has 2 heterocycles. The van der Waals surface area contributed by atoms with Crippen LogP contribution in [-0.4, -0.2) is 66.0 Å². The van der Waals surface area contributed by atoms with E-state index in [0.29, 0.717) is 47.8 Å². The number of hydrogen-bond donors (Lipinski definition) is 2. The van der Waals surface area contributed by atoms with Crippen molar-refractivity contribution < 1.29 is 22.7 Å². The van der Waals surface area contributed by atoms with Crippen LogP contribution in [0, 0.1) is 3.70 Å². The Kier molecular flexibility index (Phi) is 10.2. The molecule has 0 fully saturated rings. The molecule has 0 radical (unpaired) electrons. The molecule has 2 aromatic carbocycles. The second-order valence-corrected chi connectivity index (χ2v) is 10.4. The summed E-state index contributed by atoms with van der Waals surface area (Å²) in [5.41, 5.74) is 3.02. The van der Waals surface area contributed by atoms with Crippen LogP contribution in [0.2, 0.25) is 0 Å². The molecule has 7 nitrogen and oxygen atoms in total. The Hall–Kier alpha value is -3.71. The number of carbonyl (C=O) groups is 1. The number of rotatable bonds is 11. The maximum atomic E-state index is 13.9. The maximum Gasteiger partial charge on any atom is 0.393 e. The van der Waals surface area contributed by atoms with Crippen molar-refractivity contribution in [2.75, 3.05) is 33.8 Å². The fourth-order valence-electron chi connectivity index (χ4n) is 4.16. The highest BCUT2D eigenvalue weighted by atomic mass is 127. The molecule has 0 saturated carbocycles. The Balaban J connectivity index is 1.61. The molecule has 0 aliphatic carbocycles. The summed E-state index contributed by atoms with van der Waals surface area (Å²) in [7, 11) is 3.37. The van der Waals surface area contributed by atoms with Gasteiger partial charge in [0.15, 0.2) is 0 Å². The Labute approximate surface area is 249 Å². The molecule has 0 unspecified atom stereocenters. The number of ether oxygens (including phenoxy) is 1. The molecular formula is C30H29F3IN5O2. The van der Waals surface area contributed by atoms with Gasteiger partial charge in [-0.05, 0) is 63.1 Å². The van der Waals surface area contributed by atoms with Crippen molar-refractivity contribution in [3.05, 3.63) is 99.4 Å². The predicted molar refractivity (Wildman–Crippen MR) is 162 cm³/mol. The average molecular weight is 675 g/mol. The van der Waals surface area contributed by atoms with Crippen LogP contribution in [0.4, 0.5) is 13.2 Å². The summed E-state index contributed by atoms with van der Waals surface area (Å²) < 4.78 is 48.2. The lowest BCUT2D eigenvalue weighted by Gasteiger charge is -2.19. The van der Waals surface area contributed by atoms with Gasteiger partial charge in [-0.25, -0.2) is 4.98 Å². The molecule has 2 aromatic heterocycles. The van der Waals surface area contributed by atoms with E-state index in [1.807, 2.05) is 12.1 Å². The van der Waals surface area contributed by atoms with Gasteiger partial charge in [0, 0.05) is 56.5 Å². The van der Waals surface area contributed by atoms with Crippen molar-refractivity contribution in [2.24, 2.45) is 0 Å². The van der Waals surface area contributed by atoms with E-state index >= 15 is 0 Å². The number of alkyl halides is 3. The summed E-state index contributed by atoms with van der Waals surface area (Å²) in [5, 5.41) is 11.1. The fraction of sp³-hybridized carbons (Fsp3) is 0.233. The van der Waals surface area contributed by atoms with E-state index < -0.39 is 12.6 Å². The predicted octanol–water partition coefficient (Wildman–Crippen LogP) is 6.09. The highest BCUT2D eigenvalue weighted by Gasteiger charge is 2.31. The third-order valence-electron chi connectivity index (χ3n) is 6.12. The largest absolute Gasteiger partial charge is 0.476 e. The summed E-state index contributed by atoms with van der Waals surface area (Å²) in [6.45, 7) is 1.34. The zero-order chi connectivity index (χ0) is 29.4. The Morgan fingerprint density at radius 1 is 1.07 bits per heavy atom. The lowest BCUT2D eigenvalue weighted by Crippen LogP contribution is -2.22. The number of likely N-dealkylation sites (N-methyl/N-ethyl adjacent to an activating group) is 1. The normalized spacial score (nSPS) is 12.5. The van der Waals surface area contributed by atoms with Crippen molar-refractivity contribution in [3.8, 4) is 5.88 Å². The molecule has 0 bridgehead atoms. The van der Waals surface area contributed by atoms with Gasteiger partial charge in [0.05, 0.1) is 11.9 Å². The third-order valence-corrected chi connectivity index (χ3v) is 6.95. The van der Waals surface area contributed by atoms with Crippen molar-refractivity contribution in [3.63, 3.8) is 0 Å². The zero-order valence-corrected chi connectivity index (χ0v) is 24.7. The third kappa shape index (κ3) is 8.40. The Morgan fingerprint density at radius 3 is 2.51 bits per heavy atom. The first kappa shape index (κ1) is 30.3. The van der Waals surface area contributed by atoms with E-state index in [-0.39, 0.29) is 11.5 Å². The van der Waals surface area contributed by atoms with Gasteiger partial charge < -0.3 is 15.0 Å². The summed E-state index contributed by atoms with van der Waals surface area (Å²) in [6, 6.07) is 17.4. The summed E-state index contributed by atoms with van der Waals surface area (Å²) in [6.07, 6.45) is -0.769. The van der Waals surface area contributed by atoms with Crippen LogP contribution in [0.25, 0.3) is 22.0 Å². The molecule has 214 valence electrons. The molecular weight excluding hydrogens is 646 g/mol. The molecule has 0 saturated heterocycles. The van der Waals surface area contributed by atoms with Crippen LogP contribution in [0.15, 0.2) is 79.0 Å². The van der Waals surface area contributed by atoms with Crippen molar-refractivity contribution in [2.45, 2.75) is 12.6 Å². The SMILES string of the molecule is CN(C)C(=O)/C=C/CNCCOc1ccc(/C(=C(/CC(F)(F)F)c2ccccc2)c2ccc3[nH]nc(I)c3c2)cn1. The first-order chi connectivity index (χ1) is 19.6. The van der Waals surface area contributed by atoms with Crippen LogP contribution in [-0.2, 0) is 4.79 Å². The minimum atomic E-state index is -4.43. The number of pyridine rings is 1. The topological polar surface area (TPSA) is 83.1 Å². The van der Waals surface area contributed by atoms with Crippen LogP contribution >= 0.6 is 22.6 Å². The van der Waals surface area contributed by atoms with Gasteiger partial charge >= 0.3 is 6.18 Å². The second kappa shape index (κ2) is 13.8. The Bertz CT molecular complexity index is 1530. The van der Waals surface area contributed by atoms with Gasteiger partial charge in [0.2, 0.25) is 11.8 Å². The van der Waals surface area contributed by atoms with Crippen molar-refractivity contribution in [1.29, 1.82) is 0 Å². The number of halogens is 4. The van der Waals surface area contributed by atoms with Crippen LogP contribution in [0.1, 0.15) is 23.1 Å². The number of benzene rings is 2. The average Bonchev–Trinajstić information content (AvgIpc) is 3.32. The number of hydrogen-bond acceptors (Lipinski definition) is 5. The van der Waals surface area contributed by atoms with E-state index in [0.717, 1.165) is 14.6 Å². The van der Waals surface area contributed by atoms with Crippen molar-refractivity contribution >= 4 is 50.5 Å². The fourth-order valence-corrected chi connectivity index (χ4v) is 4.73. The standard InChI is InChI=1S/C30H29F3IN5O2/c1-39(2)27(40)9-6-14-35-15-16-41-26-13-11-22(19-36-26)28(21-10-12-25-23(17-21)29(34)38-37-25)24(18-30(31,32)33)20-7-4-3-5-8-20/h3-13,17,19,35H,14-16,18H2,1-2H3,(H,37,38)/b9-6+,28-24-. The van der Waals surface area contributed by atoms with Crippen LogP contribution < -0.4 is 10.1 Å². The molecule has 4 aromatic rings. The Morgan fingerprint density at radius 2 is 1.83 bits per heavy atom. The van der Waals surface area contributed by atoms with Crippen LogP contribution in [0.3, 0.4) is 0 Å². The molecule has 11 heteroatoms. The number of nitrogens with one attached hydrogen (secondary N) is 2. The highest BCUT2D eigenvalue weighted by Crippen LogP contribution is 2.40. The van der Waals surface area contributed by atoms with E-state index in [4.69, 9.17) is 4.74 Å². The van der Waals surface area contributed by atoms with Gasteiger partial charge in [-0.1, -0.05) is 42.5 Å². The van der Waals surface area contributed by atoms with Crippen LogP contribution in [0.5, 0.6) is 5.88 Å². The summed E-state index contributed by atoms with van der Waals surface area (Å²) in [4.78, 5) is 17.4. The van der Waals surface area contributed by atoms with E-state index in [1.165, 1.54) is 17.2 Å². The number of carbonyl (C=O) groups excluding carboxylic acids is 1. The van der Waals surface area contributed by atoms with Crippen molar-refractivity contribution in [1.82, 2.24) is 25.4 Å². The van der Waals surface area contributed by atoms with E-state index in [9.17, 15) is 18.0 Å². The first-order valence-corrected chi connectivity index (χ1v) is 13.9. The van der Waals surface area contributed by atoms with Gasteiger partial charge in [0.25, 0.3) is 0 Å². The lowest BCUT2D eigenvalue weighted by molar-refractivity contribution is -0.124.